The summed E-state index contributed by atoms with van der Waals surface area (Å²) in [6.45, 7) is 0.212. The first-order valence-corrected chi connectivity index (χ1v) is 10.3. The van der Waals surface area contributed by atoms with Crippen molar-refractivity contribution in [3.05, 3.63) is 91.0 Å². The summed E-state index contributed by atoms with van der Waals surface area (Å²) in [5.41, 5.74) is 10.1. The molecule has 0 radical (unpaired) electrons. The number of ether oxygens (including phenoxy) is 1. The Morgan fingerprint density at radius 3 is 2.30 bits per heavy atom. The average Bonchev–Trinajstić information content (AvgIpc) is 3.32. The van der Waals surface area contributed by atoms with Crippen LogP contribution in [0.4, 0.5) is 17.1 Å². The molecule has 0 spiro atoms. The van der Waals surface area contributed by atoms with Crippen LogP contribution >= 0.6 is 0 Å². The summed E-state index contributed by atoms with van der Waals surface area (Å²) in [6.07, 6.45) is 0. The van der Waals surface area contributed by atoms with Gasteiger partial charge in [0.25, 0.3) is 6.71 Å². The summed E-state index contributed by atoms with van der Waals surface area (Å²) < 4.78 is 8.85. The molecule has 0 N–H and O–H groups in total. The van der Waals surface area contributed by atoms with Gasteiger partial charge in [-0.2, -0.15) is 0 Å². The highest BCUT2D eigenvalue weighted by molar-refractivity contribution is 6.99. The van der Waals surface area contributed by atoms with E-state index >= 15 is 0 Å². The van der Waals surface area contributed by atoms with E-state index in [2.05, 4.69) is 94.4 Å². The number of para-hydroxylation sites is 5. The van der Waals surface area contributed by atoms with Crippen LogP contribution in [0.15, 0.2) is 91.0 Å². The SMILES string of the molecule is c1ccc2c(c1)Oc1cccc3c1N2c1c2n(c4ccccc14)-c1ccccc1B32. The monoisotopic (exact) mass is 382 g/mol. The molecule has 4 heteroatoms. The normalized spacial score (nSPS) is 14.1. The van der Waals surface area contributed by atoms with Crippen molar-refractivity contribution in [1.29, 1.82) is 0 Å². The Balaban J connectivity index is 1.62. The lowest BCUT2D eigenvalue weighted by atomic mass is 9.38. The van der Waals surface area contributed by atoms with Crippen molar-refractivity contribution in [2.45, 2.75) is 0 Å². The number of hydrogen-bond acceptors (Lipinski definition) is 2. The molecule has 1 aromatic heterocycles. The largest absolute Gasteiger partial charge is 0.453 e. The van der Waals surface area contributed by atoms with Gasteiger partial charge in [-0.25, -0.2) is 0 Å². The van der Waals surface area contributed by atoms with Crippen LogP contribution in [-0.2, 0) is 0 Å². The average molecular weight is 382 g/mol. The summed E-state index contributed by atoms with van der Waals surface area (Å²) in [6, 6.07) is 32.4. The molecule has 5 aromatic rings. The van der Waals surface area contributed by atoms with Crippen LogP contribution in [0.5, 0.6) is 11.5 Å². The minimum atomic E-state index is 0.212. The van der Waals surface area contributed by atoms with E-state index < -0.39 is 0 Å². The maximum Gasteiger partial charge on any atom is 0.270 e. The number of rotatable bonds is 0. The zero-order valence-electron chi connectivity index (χ0n) is 16.0. The first-order valence-electron chi connectivity index (χ1n) is 10.3. The van der Waals surface area contributed by atoms with Gasteiger partial charge in [-0.1, -0.05) is 60.7 Å². The van der Waals surface area contributed by atoms with Crippen molar-refractivity contribution in [1.82, 2.24) is 4.57 Å². The first-order chi connectivity index (χ1) is 14.9. The fourth-order valence-electron chi connectivity index (χ4n) is 5.69. The lowest BCUT2D eigenvalue weighted by Gasteiger charge is -2.39. The molecule has 0 atom stereocenters. The van der Waals surface area contributed by atoms with Crippen LogP contribution in [-0.4, -0.2) is 11.3 Å². The lowest BCUT2D eigenvalue weighted by Crippen LogP contribution is -2.55. The first kappa shape index (κ1) is 15.0. The van der Waals surface area contributed by atoms with Crippen LogP contribution < -0.4 is 26.2 Å². The minimum absolute atomic E-state index is 0.212. The summed E-state index contributed by atoms with van der Waals surface area (Å²) in [5, 5.41) is 1.28. The molecule has 30 heavy (non-hydrogen) atoms. The van der Waals surface area contributed by atoms with Crippen LogP contribution in [0.2, 0.25) is 0 Å². The zero-order valence-corrected chi connectivity index (χ0v) is 16.0. The molecule has 138 valence electrons. The van der Waals surface area contributed by atoms with Crippen molar-refractivity contribution in [2.24, 2.45) is 0 Å². The van der Waals surface area contributed by atoms with Gasteiger partial charge in [-0.15, -0.1) is 0 Å². The maximum absolute atomic E-state index is 6.38. The standard InChI is InChI=1S/C26H15BN2O/c1-3-11-19-16(8-1)24-26-27(17-9-2-4-12-20(17)28(19)26)18-10-7-15-23-25(18)29(24)21-13-5-6-14-22(21)30-23/h1-15H. The molecular weight excluding hydrogens is 367 g/mol. The van der Waals surface area contributed by atoms with Gasteiger partial charge in [0, 0.05) is 16.7 Å². The third-order valence-corrected chi connectivity index (χ3v) is 6.76. The van der Waals surface area contributed by atoms with Gasteiger partial charge in [-0.05, 0) is 41.3 Å². The van der Waals surface area contributed by atoms with E-state index in [4.69, 9.17) is 4.74 Å². The lowest BCUT2D eigenvalue weighted by molar-refractivity contribution is 0.477. The Kier molecular flexibility index (Phi) is 2.49. The predicted octanol–water partition coefficient (Wildman–Crippen LogP) is 4.35. The summed E-state index contributed by atoms with van der Waals surface area (Å²) in [5.74, 6) is 1.83. The summed E-state index contributed by atoms with van der Waals surface area (Å²) in [7, 11) is 0. The molecule has 3 nitrogen and oxygen atoms in total. The fourth-order valence-corrected chi connectivity index (χ4v) is 5.69. The molecule has 0 saturated carbocycles. The van der Waals surface area contributed by atoms with Crippen LogP contribution in [0.1, 0.15) is 0 Å². The molecule has 3 aliphatic rings. The second-order valence-corrected chi connectivity index (χ2v) is 8.18. The predicted molar refractivity (Wildman–Crippen MR) is 123 cm³/mol. The maximum atomic E-state index is 6.38. The Hall–Kier alpha value is -3.92. The van der Waals surface area contributed by atoms with Crippen molar-refractivity contribution < 1.29 is 4.74 Å². The van der Waals surface area contributed by atoms with E-state index in [1.807, 2.05) is 6.07 Å². The van der Waals surface area contributed by atoms with E-state index in [9.17, 15) is 0 Å². The van der Waals surface area contributed by atoms with Gasteiger partial charge in [-0.3, -0.25) is 0 Å². The summed E-state index contributed by atoms with van der Waals surface area (Å²) in [4.78, 5) is 2.43. The number of fused-ring (bicyclic) bond motifs is 10. The van der Waals surface area contributed by atoms with E-state index in [-0.39, 0.29) is 6.71 Å². The Bertz CT molecular complexity index is 1550. The van der Waals surface area contributed by atoms with Crippen LogP contribution in [0.3, 0.4) is 0 Å². The van der Waals surface area contributed by atoms with E-state index in [1.54, 1.807) is 0 Å². The highest BCUT2D eigenvalue weighted by Gasteiger charge is 2.47. The third kappa shape index (κ3) is 1.55. The van der Waals surface area contributed by atoms with Crippen LogP contribution in [0, 0.1) is 0 Å². The van der Waals surface area contributed by atoms with Gasteiger partial charge in [0.2, 0.25) is 0 Å². The quantitative estimate of drug-likeness (QED) is 0.363. The second kappa shape index (κ2) is 4.97. The molecule has 0 amide bonds. The van der Waals surface area contributed by atoms with Crippen LogP contribution in [0.25, 0.3) is 16.6 Å². The van der Waals surface area contributed by atoms with Crippen molar-refractivity contribution in [3.8, 4) is 17.2 Å². The van der Waals surface area contributed by atoms with Crippen molar-refractivity contribution >= 4 is 51.2 Å². The summed E-state index contributed by atoms with van der Waals surface area (Å²) >= 11 is 0. The number of benzene rings is 4. The molecule has 0 bridgehead atoms. The molecule has 3 aliphatic heterocycles. The van der Waals surface area contributed by atoms with E-state index in [0.29, 0.717) is 0 Å². The molecule has 4 aromatic carbocycles. The highest BCUT2D eigenvalue weighted by atomic mass is 16.5. The minimum Gasteiger partial charge on any atom is -0.453 e. The van der Waals surface area contributed by atoms with Gasteiger partial charge >= 0.3 is 0 Å². The molecule has 0 aliphatic carbocycles. The molecule has 8 rings (SSSR count). The van der Waals surface area contributed by atoms with Gasteiger partial charge < -0.3 is 14.2 Å². The highest BCUT2D eigenvalue weighted by Crippen LogP contribution is 2.53. The molecular formula is C26H15BN2O. The zero-order chi connectivity index (χ0) is 19.4. The van der Waals surface area contributed by atoms with Gasteiger partial charge in [0.15, 0.2) is 11.5 Å². The topological polar surface area (TPSA) is 17.4 Å². The van der Waals surface area contributed by atoms with Gasteiger partial charge in [0.05, 0.1) is 22.6 Å². The Morgan fingerprint density at radius 2 is 1.33 bits per heavy atom. The van der Waals surface area contributed by atoms with Crippen molar-refractivity contribution in [2.75, 3.05) is 4.90 Å². The Morgan fingerprint density at radius 1 is 0.600 bits per heavy atom. The van der Waals surface area contributed by atoms with E-state index in [1.165, 1.54) is 44.5 Å². The molecule has 0 saturated heterocycles. The third-order valence-electron chi connectivity index (χ3n) is 6.76. The second-order valence-electron chi connectivity index (χ2n) is 8.18. The molecule has 0 unspecified atom stereocenters. The smallest absolute Gasteiger partial charge is 0.270 e. The van der Waals surface area contributed by atoms with Gasteiger partial charge in [0.1, 0.15) is 0 Å². The number of aromatic nitrogens is 1. The number of anilines is 3. The van der Waals surface area contributed by atoms with Crippen molar-refractivity contribution in [3.63, 3.8) is 0 Å². The molecule has 4 heterocycles. The fraction of sp³-hybridized carbons (Fsp3) is 0. The molecule has 0 fully saturated rings. The van der Waals surface area contributed by atoms with E-state index in [0.717, 1.165) is 17.2 Å². The number of hydrogen-bond donors (Lipinski definition) is 0. The number of nitrogens with zero attached hydrogens (tertiary/aromatic N) is 2. The Labute approximate surface area is 173 Å².